The second-order valence-electron chi connectivity index (χ2n) is 6.05. The fourth-order valence-electron chi connectivity index (χ4n) is 3.71. The van der Waals surface area contributed by atoms with Crippen LogP contribution in [-0.2, 0) is 16.7 Å². The first-order valence-corrected chi connectivity index (χ1v) is 7.05. The number of ether oxygens (including phenoxy) is 1. The van der Waals surface area contributed by atoms with Crippen molar-refractivity contribution in [2.75, 3.05) is 6.61 Å². The van der Waals surface area contributed by atoms with Gasteiger partial charge in [0.25, 0.3) is 0 Å². The Labute approximate surface area is 109 Å². The van der Waals surface area contributed by atoms with Crippen molar-refractivity contribution in [3.8, 4) is 0 Å². The van der Waals surface area contributed by atoms with Gasteiger partial charge < -0.3 is 14.4 Å². The van der Waals surface area contributed by atoms with Gasteiger partial charge in [0.15, 0.2) is 0 Å². The molecule has 3 heteroatoms. The molecule has 1 N–H and O–H groups in total. The van der Waals surface area contributed by atoms with E-state index in [-0.39, 0.29) is 17.7 Å². The van der Waals surface area contributed by atoms with E-state index in [9.17, 15) is 5.11 Å². The van der Waals surface area contributed by atoms with Crippen molar-refractivity contribution >= 4 is 0 Å². The third-order valence-electron chi connectivity index (χ3n) is 4.93. The first-order chi connectivity index (χ1) is 8.54. The van der Waals surface area contributed by atoms with Crippen LogP contribution in [0.4, 0.5) is 0 Å². The Kier molecular flexibility index (Phi) is 2.79. The summed E-state index contributed by atoms with van der Waals surface area (Å²) in [4.78, 5) is 0. The zero-order valence-electron chi connectivity index (χ0n) is 11.6. The molecule has 0 aromatic carbocycles. The molecule has 0 spiro atoms. The van der Waals surface area contributed by atoms with Crippen molar-refractivity contribution < 1.29 is 9.84 Å². The maximum absolute atomic E-state index is 10.1. The lowest BCUT2D eigenvalue weighted by Gasteiger charge is -2.34. The molecular weight excluding hydrogens is 226 g/mol. The predicted octanol–water partition coefficient (Wildman–Crippen LogP) is 2.69. The van der Waals surface area contributed by atoms with Crippen LogP contribution in [0.2, 0.25) is 0 Å². The molecule has 0 bridgehead atoms. The molecule has 1 aliphatic carbocycles. The second kappa shape index (κ2) is 4.10. The van der Waals surface area contributed by atoms with E-state index in [1.54, 1.807) is 0 Å². The van der Waals surface area contributed by atoms with Gasteiger partial charge in [-0.15, -0.1) is 0 Å². The van der Waals surface area contributed by atoms with E-state index in [2.05, 4.69) is 31.4 Å². The lowest BCUT2D eigenvalue weighted by molar-refractivity contribution is 0.0731. The molecule has 0 amide bonds. The van der Waals surface area contributed by atoms with Crippen molar-refractivity contribution in [2.24, 2.45) is 0 Å². The largest absolute Gasteiger partial charge is 0.388 e. The average molecular weight is 249 g/mol. The minimum absolute atomic E-state index is 0.0503. The monoisotopic (exact) mass is 249 g/mol. The van der Waals surface area contributed by atoms with Crippen LogP contribution in [0.25, 0.3) is 0 Å². The third kappa shape index (κ3) is 1.57. The Bertz CT molecular complexity index is 465. The van der Waals surface area contributed by atoms with Crippen LogP contribution in [-0.4, -0.2) is 22.4 Å². The number of nitrogens with zero attached hydrogens (tertiary/aromatic N) is 1. The summed E-state index contributed by atoms with van der Waals surface area (Å²) in [5.74, 6) is 0. The van der Waals surface area contributed by atoms with Gasteiger partial charge in [-0.3, -0.25) is 0 Å². The van der Waals surface area contributed by atoms with Crippen molar-refractivity contribution in [3.63, 3.8) is 0 Å². The summed E-state index contributed by atoms with van der Waals surface area (Å²) >= 11 is 0. The highest BCUT2D eigenvalue weighted by Gasteiger charge is 2.41. The normalized spacial score (nSPS) is 35.8. The van der Waals surface area contributed by atoms with Crippen molar-refractivity contribution in [2.45, 2.75) is 64.2 Å². The number of fused-ring (bicyclic) bond motifs is 1. The first-order valence-electron chi connectivity index (χ1n) is 7.05. The molecule has 1 saturated heterocycles. The molecule has 3 atom stereocenters. The van der Waals surface area contributed by atoms with Gasteiger partial charge in [0.05, 0.1) is 17.7 Å². The van der Waals surface area contributed by atoms with Gasteiger partial charge in [0, 0.05) is 23.6 Å². The number of aromatic nitrogens is 1. The fraction of sp³-hybridized carbons (Fsp3) is 0.733. The van der Waals surface area contributed by atoms with Crippen molar-refractivity contribution in [1.29, 1.82) is 0 Å². The van der Waals surface area contributed by atoms with E-state index < -0.39 is 0 Å². The van der Waals surface area contributed by atoms with Crippen LogP contribution < -0.4 is 0 Å². The van der Waals surface area contributed by atoms with Crippen LogP contribution in [0.3, 0.4) is 0 Å². The van der Waals surface area contributed by atoms with E-state index in [4.69, 9.17) is 4.74 Å². The quantitative estimate of drug-likeness (QED) is 0.830. The van der Waals surface area contributed by atoms with Gasteiger partial charge in [-0.1, -0.05) is 0 Å². The molecule has 1 aromatic heterocycles. The van der Waals surface area contributed by atoms with Crippen LogP contribution in [0.5, 0.6) is 0 Å². The molecule has 2 aliphatic rings. The Hall–Kier alpha value is -0.800. The van der Waals surface area contributed by atoms with E-state index in [0.29, 0.717) is 0 Å². The maximum atomic E-state index is 10.1. The smallest absolute Gasteiger partial charge is 0.0807 e. The predicted molar refractivity (Wildman–Crippen MR) is 70.7 cm³/mol. The molecule has 3 rings (SSSR count). The second-order valence-corrected chi connectivity index (χ2v) is 6.05. The highest BCUT2D eigenvalue weighted by atomic mass is 16.5. The zero-order valence-corrected chi connectivity index (χ0v) is 11.6. The molecule has 18 heavy (non-hydrogen) atoms. The Morgan fingerprint density at radius 3 is 2.94 bits per heavy atom. The standard InChI is InChI=1S/C15H23NO2/c1-10-9-12-13(5-4-6-14(12)17)16(10)15(3)7-8-18-11(15)2/h9,11,14,17H,4-8H2,1-3H3. The number of rotatable bonds is 1. The van der Waals surface area contributed by atoms with Crippen LogP contribution in [0, 0.1) is 6.92 Å². The maximum Gasteiger partial charge on any atom is 0.0807 e. The Morgan fingerprint density at radius 1 is 1.50 bits per heavy atom. The molecule has 1 aliphatic heterocycles. The number of hydrogen-bond acceptors (Lipinski definition) is 2. The summed E-state index contributed by atoms with van der Waals surface area (Å²) in [6.45, 7) is 7.45. The molecule has 100 valence electrons. The minimum atomic E-state index is -0.269. The SMILES string of the molecule is Cc1cc2c(n1C1(C)CCOC1C)CCCC2O. The van der Waals surface area contributed by atoms with E-state index in [1.165, 1.54) is 11.4 Å². The van der Waals surface area contributed by atoms with Crippen LogP contribution in [0.1, 0.15) is 56.2 Å². The summed E-state index contributed by atoms with van der Waals surface area (Å²) < 4.78 is 8.23. The highest BCUT2D eigenvalue weighted by Crippen LogP contribution is 2.40. The molecule has 1 aromatic rings. The Balaban J connectivity index is 2.12. The average Bonchev–Trinajstić information content (AvgIpc) is 2.82. The number of aliphatic hydroxyl groups is 1. The number of aryl methyl sites for hydroxylation is 1. The summed E-state index contributed by atoms with van der Waals surface area (Å²) in [6.07, 6.45) is 4.11. The van der Waals surface area contributed by atoms with Crippen LogP contribution >= 0.6 is 0 Å². The summed E-state index contributed by atoms with van der Waals surface area (Å²) in [6, 6.07) is 2.18. The van der Waals surface area contributed by atoms with Crippen molar-refractivity contribution in [3.05, 3.63) is 23.0 Å². The molecule has 3 unspecified atom stereocenters. The lowest BCUT2D eigenvalue weighted by atomic mass is 9.91. The van der Waals surface area contributed by atoms with Crippen molar-refractivity contribution in [1.82, 2.24) is 4.57 Å². The summed E-state index contributed by atoms with van der Waals surface area (Å²) in [5, 5.41) is 10.1. The lowest BCUT2D eigenvalue weighted by Crippen LogP contribution is -2.39. The molecule has 0 radical (unpaired) electrons. The van der Waals surface area contributed by atoms with E-state index in [0.717, 1.165) is 37.9 Å². The zero-order chi connectivity index (χ0) is 12.9. The summed E-state index contributed by atoms with van der Waals surface area (Å²) in [5.41, 5.74) is 3.81. The first kappa shape index (κ1) is 12.2. The minimum Gasteiger partial charge on any atom is -0.388 e. The number of aliphatic hydroxyl groups excluding tert-OH is 1. The Morgan fingerprint density at radius 2 is 2.28 bits per heavy atom. The fourth-order valence-corrected chi connectivity index (χ4v) is 3.71. The van der Waals surface area contributed by atoms with E-state index >= 15 is 0 Å². The molecule has 1 fully saturated rings. The van der Waals surface area contributed by atoms with Gasteiger partial charge in [0.1, 0.15) is 0 Å². The van der Waals surface area contributed by atoms with Gasteiger partial charge in [-0.25, -0.2) is 0 Å². The van der Waals surface area contributed by atoms with Crippen LogP contribution in [0.15, 0.2) is 6.07 Å². The molecule has 0 saturated carbocycles. The third-order valence-corrected chi connectivity index (χ3v) is 4.93. The molecule has 3 nitrogen and oxygen atoms in total. The topological polar surface area (TPSA) is 34.4 Å². The highest BCUT2D eigenvalue weighted by molar-refractivity contribution is 5.33. The molecular formula is C15H23NO2. The number of hydrogen-bond donors (Lipinski definition) is 1. The van der Waals surface area contributed by atoms with Gasteiger partial charge in [-0.2, -0.15) is 0 Å². The van der Waals surface area contributed by atoms with Gasteiger partial charge in [0.2, 0.25) is 0 Å². The molecule has 2 heterocycles. The van der Waals surface area contributed by atoms with Gasteiger partial charge >= 0.3 is 0 Å². The van der Waals surface area contributed by atoms with E-state index in [1.807, 2.05) is 0 Å². The summed E-state index contributed by atoms with van der Waals surface area (Å²) in [7, 11) is 0. The van der Waals surface area contributed by atoms with Gasteiger partial charge in [-0.05, 0) is 52.5 Å².